The number of hydrogen-bond donors (Lipinski definition) is 0. The Morgan fingerprint density at radius 3 is 2.42 bits per heavy atom. The summed E-state index contributed by atoms with van der Waals surface area (Å²) < 4.78 is 10.8. The van der Waals surface area contributed by atoms with Crippen molar-refractivity contribution in [3.05, 3.63) is 52.4 Å². The zero-order chi connectivity index (χ0) is 18.7. The Morgan fingerprint density at radius 2 is 1.81 bits per heavy atom. The van der Waals surface area contributed by atoms with E-state index < -0.39 is 6.10 Å². The number of furan rings is 1. The lowest BCUT2D eigenvalue weighted by Gasteiger charge is -2.35. The molecule has 1 aliphatic heterocycles. The lowest BCUT2D eigenvalue weighted by molar-refractivity contribution is -0.139. The molecule has 1 fully saturated rings. The molecule has 138 valence electrons. The maximum absolute atomic E-state index is 12.6. The fourth-order valence-electron chi connectivity index (χ4n) is 2.75. The van der Waals surface area contributed by atoms with Crippen molar-refractivity contribution in [2.75, 3.05) is 26.2 Å². The summed E-state index contributed by atoms with van der Waals surface area (Å²) in [5.74, 6) is 0.392. The third-order valence-electron chi connectivity index (χ3n) is 4.16. The van der Waals surface area contributed by atoms with Crippen LogP contribution in [-0.4, -0.2) is 53.9 Å². The summed E-state index contributed by atoms with van der Waals surface area (Å²) in [6.45, 7) is 3.44. The van der Waals surface area contributed by atoms with Gasteiger partial charge in [-0.3, -0.25) is 9.59 Å². The van der Waals surface area contributed by atoms with Crippen molar-refractivity contribution < 1.29 is 18.7 Å². The third-order valence-corrected chi connectivity index (χ3v) is 4.69. The molecule has 0 spiro atoms. The number of halogens is 2. The summed E-state index contributed by atoms with van der Waals surface area (Å²) in [6, 6.07) is 8.15. The molecule has 1 aromatic heterocycles. The van der Waals surface area contributed by atoms with Crippen LogP contribution in [0.15, 0.2) is 41.0 Å². The van der Waals surface area contributed by atoms with Gasteiger partial charge in [-0.15, -0.1) is 0 Å². The second kappa shape index (κ2) is 8.01. The molecule has 6 nitrogen and oxygen atoms in total. The predicted molar refractivity (Wildman–Crippen MR) is 97.7 cm³/mol. The average molecular weight is 397 g/mol. The number of piperazine rings is 1. The van der Waals surface area contributed by atoms with E-state index in [1.165, 1.54) is 6.26 Å². The number of benzene rings is 1. The van der Waals surface area contributed by atoms with E-state index in [1.54, 1.807) is 47.1 Å². The van der Waals surface area contributed by atoms with Crippen LogP contribution in [-0.2, 0) is 4.79 Å². The minimum atomic E-state index is -0.694. The van der Waals surface area contributed by atoms with Gasteiger partial charge in [0.05, 0.1) is 11.3 Å². The zero-order valence-corrected chi connectivity index (χ0v) is 15.7. The van der Waals surface area contributed by atoms with Crippen molar-refractivity contribution in [2.45, 2.75) is 13.0 Å². The number of nitrogens with zero attached hydrogens (tertiary/aromatic N) is 2. The molecule has 3 rings (SSSR count). The van der Waals surface area contributed by atoms with Crippen LogP contribution in [0.3, 0.4) is 0 Å². The second-order valence-electron chi connectivity index (χ2n) is 5.93. The number of ether oxygens (including phenoxy) is 1. The normalized spacial score (nSPS) is 15.7. The molecular weight excluding hydrogens is 379 g/mol. The highest BCUT2D eigenvalue weighted by Crippen LogP contribution is 2.28. The van der Waals surface area contributed by atoms with Crippen LogP contribution in [0.5, 0.6) is 5.75 Å². The predicted octanol–water partition coefficient (Wildman–Crippen LogP) is 3.34. The highest BCUT2D eigenvalue weighted by atomic mass is 35.5. The third kappa shape index (κ3) is 4.14. The summed E-state index contributed by atoms with van der Waals surface area (Å²) in [5.41, 5.74) is 0. The Morgan fingerprint density at radius 1 is 1.12 bits per heavy atom. The van der Waals surface area contributed by atoms with E-state index in [0.29, 0.717) is 47.7 Å². The monoisotopic (exact) mass is 396 g/mol. The Hall–Kier alpha value is -2.18. The highest BCUT2D eigenvalue weighted by Gasteiger charge is 2.29. The molecule has 0 aliphatic carbocycles. The largest absolute Gasteiger partial charge is 0.479 e. The van der Waals surface area contributed by atoms with Crippen LogP contribution in [0.25, 0.3) is 0 Å². The molecule has 0 N–H and O–H groups in total. The Labute approximate surface area is 161 Å². The second-order valence-corrected chi connectivity index (χ2v) is 6.77. The molecule has 0 unspecified atom stereocenters. The number of carbonyl (C=O) groups excluding carboxylic acids is 2. The molecule has 8 heteroatoms. The fourth-order valence-corrected chi connectivity index (χ4v) is 3.21. The number of amides is 2. The molecule has 1 atom stereocenters. The van der Waals surface area contributed by atoms with E-state index in [2.05, 4.69) is 0 Å². The van der Waals surface area contributed by atoms with Crippen molar-refractivity contribution in [2.24, 2.45) is 0 Å². The van der Waals surface area contributed by atoms with Crippen molar-refractivity contribution in [1.82, 2.24) is 9.80 Å². The highest BCUT2D eigenvalue weighted by molar-refractivity contribution is 6.35. The van der Waals surface area contributed by atoms with Gasteiger partial charge >= 0.3 is 0 Å². The SMILES string of the molecule is C[C@@H](Oc1ccc(Cl)cc1Cl)C(=O)N1CCN(C(=O)c2ccco2)CC1. The fraction of sp³-hybridized carbons (Fsp3) is 0.333. The van der Waals surface area contributed by atoms with Gasteiger partial charge in [0.1, 0.15) is 5.75 Å². The van der Waals surface area contributed by atoms with Gasteiger partial charge in [0.25, 0.3) is 11.8 Å². The Balaban J connectivity index is 1.55. The van der Waals surface area contributed by atoms with Gasteiger partial charge in [-0.25, -0.2) is 0 Å². The maximum atomic E-state index is 12.6. The zero-order valence-electron chi connectivity index (χ0n) is 14.2. The van der Waals surface area contributed by atoms with Gasteiger partial charge in [0.15, 0.2) is 11.9 Å². The van der Waals surface area contributed by atoms with Crippen molar-refractivity contribution in [1.29, 1.82) is 0 Å². The standard InChI is InChI=1S/C18H18Cl2N2O4/c1-12(26-15-5-4-13(19)11-14(15)20)17(23)21-6-8-22(9-7-21)18(24)16-3-2-10-25-16/h2-5,10-12H,6-9H2,1H3/t12-/m1/s1. The first-order valence-electron chi connectivity index (χ1n) is 8.19. The van der Waals surface area contributed by atoms with Gasteiger partial charge < -0.3 is 19.0 Å². The van der Waals surface area contributed by atoms with E-state index in [0.717, 1.165) is 0 Å². The van der Waals surface area contributed by atoms with Gasteiger partial charge in [0.2, 0.25) is 0 Å². The van der Waals surface area contributed by atoms with Crippen LogP contribution < -0.4 is 4.74 Å². The van der Waals surface area contributed by atoms with Crippen molar-refractivity contribution in [3.8, 4) is 5.75 Å². The number of hydrogen-bond acceptors (Lipinski definition) is 4. The molecule has 2 heterocycles. The molecule has 0 radical (unpaired) electrons. The smallest absolute Gasteiger partial charge is 0.289 e. The van der Waals surface area contributed by atoms with Crippen LogP contribution in [0.1, 0.15) is 17.5 Å². The molecule has 0 saturated carbocycles. The molecule has 1 aromatic carbocycles. The Kier molecular flexibility index (Phi) is 5.74. The summed E-state index contributed by atoms with van der Waals surface area (Å²) in [4.78, 5) is 28.2. The van der Waals surface area contributed by atoms with Gasteiger partial charge in [0, 0.05) is 31.2 Å². The van der Waals surface area contributed by atoms with E-state index in [1.807, 2.05) is 0 Å². The lowest BCUT2D eigenvalue weighted by Crippen LogP contribution is -2.53. The molecule has 0 bridgehead atoms. The van der Waals surface area contributed by atoms with Gasteiger partial charge in [-0.05, 0) is 37.3 Å². The van der Waals surface area contributed by atoms with Gasteiger partial charge in [-0.2, -0.15) is 0 Å². The van der Waals surface area contributed by atoms with E-state index in [4.69, 9.17) is 32.4 Å². The first-order chi connectivity index (χ1) is 12.5. The maximum Gasteiger partial charge on any atom is 0.289 e. The van der Waals surface area contributed by atoms with Crippen LogP contribution in [0.2, 0.25) is 10.0 Å². The molecule has 1 saturated heterocycles. The van der Waals surface area contributed by atoms with Gasteiger partial charge in [-0.1, -0.05) is 23.2 Å². The molecular formula is C18H18Cl2N2O4. The first kappa shape index (κ1) is 18.6. The van der Waals surface area contributed by atoms with E-state index >= 15 is 0 Å². The quantitative estimate of drug-likeness (QED) is 0.794. The average Bonchev–Trinajstić information content (AvgIpc) is 3.17. The molecule has 26 heavy (non-hydrogen) atoms. The van der Waals surface area contributed by atoms with Crippen molar-refractivity contribution in [3.63, 3.8) is 0 Å². The molecule has 2 aromatic rings. The summed E-state index contributed by atoms with van der Waals surface area (Å²) in [5, 5.41) is 0.852. The van der Waals surface area contributed by atoms with Crippen LogP contribution >= 0.6 is 23.2 Å². The van der Waals surface area contributed by atoms with E-state index in [9.17, 15) is 9.59 Å². The summed E-state index contributed by atoms with van der Waals surface area (Å²) in [6.07, 6.45) is 0.773. The molecule has 1 aliphatic rings. The minimum absolute atomic E-state index is 0.152. The van der Waals surface area contributed by atoms with Crippen molar-refractivity contribution >= 4 is 35.0 Å². The Bertz CT molecular complexity index is 786. The summed E-state index contributed by atoms with van der Waals surface area (Å²) >= 11 is 11.9. The van der Waals surface area contributed by atoms with Crippen LogP contribution in [0, 0.1) is 0 Å². The van der Waals surface area contributed by atoms with E-state index in [-0.39, 0.29) is 11.8 Å². The first-order valence-corrected chi connectivity index (χ1v) is 8.94. The number of carbonyl (C=O) groups is 2. The van der Waals surface area contributed by atoms with Crippen LogP contribution in [0.4, 0.5) is 0 Å². The number of rotatable bonds is 4. The topological polar surface area (TPSA) is 63.0 Å². The minimum Gasteiger partial charge on any atom is -0.479 e. The summed E-state index contributed by atoms with van der Waals surface area (Å²) in [7, 11) is 0. The lowest BCUT2D eigenvalue weighted by atomic mass is 10.2. The molecule has 2 amide bonds.